The first-order chi connectivity index (χ1) is 15.9. The van der Waals surface area contributed by atoms with Gasteiger partial charge in [-0.3, -0.25) is 0 Å². The minimum atomic E-state index is -1.55. The minimum Gasteiger partial charge on any atom is -0.449 e. The fraction of sp³-hybridized carbons (Fsp3) is 0.423. The molecule has 0 saturated carbocycles. The second-order valence-electron chi connectivity index (χ2n) is 9.32. The van der Waals surface area contributed by atoms with Crippen molar-refractivity contribution in [2.75, 3.05) is 26.4 Å². The van der Waals surface area contributed by atoms with Crippen LogP contribution in [0.4, 0.5) is 4.79 Å². The Hall–Kier alpha value is -2.71. The first-order valence-electron chi connectivity index (χ1n) is 11.3. The molecular weight excluding hydrogens is 422 g/mol. The SMILES string of the molecule is C=CC[C@@H](O)[C@H](NC(=O)OCC1c2ccccc2-c2ccccc21)C12OCC(C)(CO1)CO2. The molecule has 2 N–H and O–H groups in total. The summed E-state index contributed by atoms with van der Waals surface area (Å²) in [4.78, 5) is 12.9. The number of alkyl carbamates (subject to hydrolysis) is 1. The average molecular weight is 452 g/mol. The van der Waals surface area contributed by atoms with Gasteiger partial charge in [-0.05, 0) is 28.7 Å². The highest BCUT2D eigenvalue weighted by atomic mass is 16.9. The van der Waals surface area contributed by atoms with Gasteiger partial charge in [0.1, 0.15) is 12.6 Å². The van der Waals surface area contributed by atoms with Crippen LogP contribution in [-0.2, 0) is 18.9 Å². The summed E-state index contributed by atoms with van der Waals surface area (Å²) in [7, 11) is 0. The number of nitrogens with one attached hydrogen (secondary N) is 1. The Morgan fingerprint density at radius 2 is 1.67 bits per heavy atom. The number of amides is 1. The van der Waals surface area contributed by atoms with Crippen molar-refractivity contribution in [3.05, 3.63) is 72.3 Å². The summed E-state index contributed by atoms with van der Waals surface area (Å²) in [6.07, 6.45) is 0.104. The summed E-state index contributed by atoms with van der Waals surface area (Å²) >= 11 is 0. The molecule has 0 spiro atoms. The molecule has 3 aliphatic heterocycles. The van der Waals surface area contributed by atoms with Crippen molar-refractivity contribution in [1.82, 2.24) is 5.32 Å². The van der Waals surface area contributed by atoms with E-state index in [1.165, 1.54) is 0 Å². The first-order valence-corrected chi connectivity index (χ1v) is 11.3. The number of benzene rings is 2. The Morgan fingerprint density at radius 3 is 2.21 bits per heavy atom. The Bertz CT molecular complexity index is 983. The predicted octanol–water partition coefficient (Wildman–Crippen LogP) is 3.57. The number of ether oxygens (including phenoxy) is 4. The molecule has 33 heavy (non-hydrogen) atoms. The maximum atomic E-state index is 12.9. The zero-order chi connectivity index (χ0) is 23.1. The largest absolute Gasteiger partial charge is 0.449 e. The molecule has 0 aromatic heterocycles. The number of carbonyl (C=O) groups excluding carboxylic acids is 1. The molecule has 1 aliphatic carbocycles. The Labute approximate surface area is 193 Å². The molecule has 3 saturated heterocycles. The minimum absolute atomic E-state index is 0.0633. The van der Waals surface area contributed by atoms with Crippen molar-refractivity contribution in [3.63, 3.8) is 0 Å². The molecule has 4 aliphatic rings. The highest BCUT2D eigenvalue weighted by Crippen LogP contribution is 2.45. The monoisotopic (exact) mass is 451 g/mol. The zero-order valence-electron chi connectivity index (χ0n) is 18.7. The van der Waals surface area contributed by atoms with Crippen LogP contribution in [-0.4, -0.2) is 55.7 Å². The highest BCUT2D eigenvalue weighted by molar-refractivity contribution is 5.79. The van der Waals surface area contributed by atoms with Gasteiger partial charge in [0.2, 0.25) is 0 Å². The van der Waals surface area contributed by atoms with Crippen LogP contribution < -0.4 is 5.32 Å². The van der Waals surface area contributed by atoms with Crippen LogP contribution in [0.15, 0.2) is 61.2 Å². The lowest BCUT2D eigenvalue weighted by Crippen LogP contribution is -2.70. The van der Waals surface area contributed by atoms with E-state index in [1.54, 1.807) is 6.08 Å². The van der Waals surface area contributed by atoms with E-state index in [0.717, 1.165) is 22.3 Å². The van der Waals surface area contributed by atoms with Gasteiger partial charge in [0.15, 0.2) is 0 Å². The number of rotatable bonds is 7. The van der Waals surface area contributed by atoms with Gasteiger partial charge in [-0.25, -0.2) is 4.79 Å². The standard InChI is InChI=1S/C26H29NO6/c1-3-8-22(28)23(26-31-14-25(2,15-32-26)16-33-26)27-24(29)30-13-21-19-11-6-4-9-17(19)18-10-5-7-12-20(18)21/h3-7,9-12,21-23,28H,1,8,13-16H2,2H3,(H,27,29)/t22-,23+,25?,26?/m1/s1. The maximum Gasteiger partial charge on any atom is 0.407 e. The highest BCUT2D eigenvalue weighted by Gasteiger charge is 2.57. The van der Waals surface area contributed by atoms with E-state index in [0.29, 0.717) is 19.8 Å². The third-order valence-electron chi connectivity index (χ3n) is 6.66. The predicted molar refractivity (Wildman–Crippen MR) is 122 cm³/mol. The second kappa shape index (κ2) is 8.57. The Kier molecular flexibility index (Phi) is 5.74. The molecule has 7 nitrogen and oxygen atoms in total. The van der Waals surface area contributed by atoms with E-state index in [1.807, 2.05) is 31.2 Å². The molecule has 2 aromatic rings. The molecule has 174 valence electrons. The molecular formula is C26H29NO6. The van der Waals surface area contributed by atoms with Crippen molar-refractivity contribution in [1.29, 1.82) is 0 Å². The molecule has 2 bridgehead atoms. The Morgan fingerprint density at radius 1 is 1.12 bits per heavy atom. The summed E-state index contributed by atoms with van der Waals surface area (Å²) in [5.74, 6) is -1.61. The zero-order valence-corrected chi connectivity index (χ0v) is 18.7. The smallest absolute Gasteiger partial charge is 0.407 e. The van der Waals surface area contributed by atoms with Gasteiger partial charge in [-0.2, -0.15) is 0 Å². The normalized spacial score (nSPS) is 27.3. The van der Waals surface area contributed by atoms with Crippen LogP contribution in [0.5, 0.6) is 0 Å². The van der Waals surface area contributed by atoms with Crippen molar-refractivity contribution in [3.8, 4) is 11.1 Å². The van der Waals surface area contributed by atoms with Crippen molar-refractivity contribution in [2.45, 2.75) is 37.4 Å². The number of aliphatic hydroxyl groups excluding tert-OH is 1. The van der Waals surface area contributed by atoms with Crippen LogP contribution in [0, 0.1) is 5.41 Å². The van der Waals surface area contributed by atoms with E-state index in [2.05, 4.69) is 36.2 Å². The summed E-state index contributed by atoms with van der Waals surface area (Å²) in [5.41, 5.74) is 4.33. The topological polar surface area (TPSA) is 86.3 Å². The molecule has 6 rings (SSSR count). The molecule has 1 amide bonds. The molecule has 7 heteroatoms. The maximum absolute atomic E-state index is 12.9. The lowest BCUT2D eigenvalue weighted by molar-refractivity contribution is -0.477. The van der Waals surface area contributed by atoms with Crippen LogP contribution in [0.25, 0.3) is 11.1 Å². The van der Waals surface area contributed by atoms with Crippen LogP contribution in [0.2, 0.25) is 0 Å². The third kappa shape index (κ3) is 3.95. The number of aliphatic hydroxyl groups is 1. The molecule has 3 heterocycles. The second-order valence-corrected chi connectivity index (χ2v) is 9.32. The van der Waals surface area contributed by atoms with Gasteiger partial charge in [0.05, 0.1) is 25.9 Å². The summed E-state index contributed by atoms with van der Waals surface area (Å²) in [5, 5.41) is 13.5. The van der Waals surface area contributed by atoms with Crippen molar-refractivity contribution >= 4 is 6.09 Å². The molecule has 3 fully saturated rings. The van der Waals surface area contributed by atoms with Gasteiger partial charge in [0, 0.05) is 11.3 Å². The molecule has 2 aromatic carbocycles. The number of hydrogen-bond acceptors (Lipinski definition) is 6. The van der Waals surface area contributed by atoms with Crippen LogP contribution >= 0.6 is 0 Å². The fourth-order valence-corrected chi connectivity index (χ4v) is 4.84. The lowest BCUT2D eigenvalue weighted by atomic mass is 9.90. The first kappa shape index (κ1) is 22.1. The summed E-state index contributed by atoms with van der Waals surface area (Å²) < 4.78 is 23.2. The van der Waals surface area contributed by atoms with E-state index >= 15 is 0 Å². The fourth-order valence-electron chi connectivity index (χ4n) is 4.84. The van der Waals surface area contributed by atoms with Gasteiger partial charge in [-0.15, -0.1) is 6.58 Å². The van der Waals surface area contributed by atoms with Gasteiger partial charge < -0.3 is 29.4 Å². The van der Waals surface area contributed by atoms with E-state index in [4.69, 9.17) is 18.9 Å². The number of carbonyl (C=O) groups is 1. The van der Waals surface area contributed by atoms with E-state index in [-0.39, 0.29) is 24.4 Å². The quantitative estimate of drug-likeness (QED) is 0.626. The lowest BCUT2D eigenvalue weighted by Gasteiger charge is -2.53. The van der Waals surface area contributed by atoms with Gasteiger partial charge in [-0.1, -0.05) is 61.5 Å². The summed E-state index contributed by atoms with van der Waals surface area (Å²) in [6.45, 7) is 7.09. The van der Waals surface area contributed by atoms with Gasteiger partial charge >= 0.3 is 12.1 Å². The third-order valence-corrected chi connectivity index (χ3v) is 6.66. The Balaban J connectivity index is 1.31. The number of fused-ring (bicyclic) bond motifs is 6. The van der Waals surface area contributed by atoms with Crippen LogP contribution in [0.3, 0.4) is 0 Å². The number of hydrogen-bond donors (Lipinski definition) is 2. The molecule has 2 atom stereocenters. The molecule has 0 unspecified atom stereocenters. The van der Waals surface area contributed by atoms with E-state index in [9.17, 15) is 9.90 Å². The summed E-state index contributed by atoms with van der Waals surface area (Å²) in [6, 6.07) is 15.3. The van der Waals surface area contributed by atoms with Crippen LogP contribution in [0.1, 0.15) is 30.4 Å². The van der Waals surface area contributed by atoms with E-state index < -0.39 is 24.2 Å². The molecule has 0 radical (unpaired) electrons. The van der Waals surface area contributed by atoms with Crippen molar-refractivity contribution < 1.29 is 28.8 Å². The average Bonchev–Trinajstić information content (AvgIpc) is 3.16. The van der Waals surface area contributed by atoms with Crippen molar-refractivity contribution in [2.24, 2.45) is 5.41 Å². The van der Waals surface area contributed by atoms with Gasteiger partial charge in [0.25, 0.3) is 0 Å².